The van der Waals surface area contributed by atoms with E-state index in [1.54, 1.807) is 11.3 Å². The van der Waals surface area contributed by atoms with E-state index in [0.29, 0.717) is 6.54 Å². The van der Waals surface area contributed by atoms with Crippen LogP contribution in [0.2, 0.25) is 0 Å². The topological polar surface area (TPSA) is 55.8 Å². The summed E-state index contributed by atoms with van der Waals surface area (Å²) >= 11 is 1.67. The molecule has 5 nitrogen and oxygen atoms in total. The Hall–Kier alpha value is -1.11. The van der Waals surface area contributed by atoms with Crippen LogP contribution in [-0.2, 0) is 11.2 Å². The van der Waals surface area contributed by atoms with Gasteiger partial charge in [-0.2, -0.15) is 0 Å². The van der Waals surface area contributed by atoms with E-state index >= 15 is 0 Å². The van der Waals surface area contributed by atoms with Crippen LogP contribution < -0.4 is 10.6 Å². The zero-order valence-electron chi connectivity index (χ0n) is 11.4. The predicted octanol–water partition coefficient (Wildman–Crippen LogP) is 1.51. The van der Waals surface area contributed by atoms with E-state index in [-0.39, 0.29) is 12.2 Å². The van der Waals surface area contributed by atoms with Crippen molar-refractivity contribution in [3.8, 4) is 0 Å². The second-order valence-electron chi connectivity index (χ2n) is 5.14. The third-order valence-electron chi connectivity index (χ3n) is 3.44. The molecule has 104 valence electrons. The molecule has 1 fully saturated rings. The van der Waals surface area contributed by atoms with E-state index in [1.165, 1.54) is 5.69 Å². The smallest absolute Gasteiger partial charge is 0.195 e. The number of anilines is 1. The quantitative estimate of drug-likeness (QED) is 0.926. The summed E-state index contributed by atoms with van der Waals surface area (Å²) in [5, 5.41) is 2.07. The van der Waals surface area contributed by atoms with Gasteiger partial charge in [0, 0.05) is 31.1 Å². The van der Waals surface area contributed by atoms with Gasteiger partial charge in [-0.05, 0) is 20.4 Å². The van der Waals surface area contributed by atoms with Crippen molar-refractivity contribution in [3.63, 3.8) is 0 Å². The number of rotatable bonds is 3. The van der Waals surface area contributed by atoms with Crippen LogP contribution in [0.15, 0.2) is 11.6 Å². The number of hydrogen-bond acceptors (Lipinski definition) is 5. The number of ether oxygens (including phenoxy) is 1. The first-order valence-corrected chi connectivity index (χ1v) is 7.62. The van der Waals surface area contributed by atoms with Crippen molar-refractivity contribution in [2.24, 2.45) is 5.73 Å². The first-order valence-electron chi connectivity index (χ1n) is 6.74. The Kier molecular flexibility index (Phi) is 3.47. The Labute approximate surface area is 117 Å². The molecule has 1 saturated heterocycles. The van der Waals surface area contributed by atoms with Crippen LogP contribution in [-0.4, -0.2) is 41.2 Å². The number of nitrogens with two attached hydrogens (primary N) is 1. The van der Waals surface area contributed by atoms with E-state index in [4.69, 9.17) is 15.5 Å². The highest BCUT2D eigenvalue weighted by atomic mass is 32.1. The van der Waals surface area contributed by atoms with Gasteiger partial charge in [0.1, 0.15) is 0 Å². The number of aromatic nitrogens is 2. The van der Waals surface area contributed by atoms with E-state index in [9.17, 15) is 0 Å². The molecule has 0 radical (unpaired) electrons. The number of fused-ring (bicyclic) bond motifs is 1. The molecular formula is C13H20N4OS. The molecule has 1 aliphatic rings. The number of morpholine rings is 1. The summed E-state index contributed by atoms with van der Waals surface area (Å²) < 4.78 is 7.96. The lowest BCUT2D eigenvalue weighted by Gasteiger charge is -2.36. The van der Waals surface area contributed by atoms with Crippen molar-refractivity contribution >= 4 is 22.1 Å². The average Bonchev–Trinajstić information content (AvgIpc) is 2.90. The fourth-order valence-electron chi connectivity index (χ4n) is 2.79. The van der Waals surface area contributed by atoms with E-state index in [1.807, 2.05) is 0 Å². The molecule has 2 aromatic heterocycles. The van der Waals surface area contributed by atoms with Crippen LogP contribution in [0.4, 0.5) is 5.82 Å². The highest BCUT2D eigenvalue weighted by Gasteiger charge is 2.26. The summed E-state index contributed by atoms with van der Waals surface area (Å²) in [5.41, 5.74) is 6.97. The molecule has 0 amide bonds. The summed E-state index contributed by atoms with van der Waals surface area (Å²) in [6.45, 7) is 6.67. The molecular weight excluding hydrogens is 260 g/mol. The second kappa shape index (κ2) is 5.11. The Bertz CT molecular complexity index is 554. The van der Waals surface area contributed by atoms with E-state index < -0.39 is 0 Å². The minimum absolute atomic E-state index is 0.245. The normalized spacial score (nSPS) is 24.3. The second-order valence-corrected chi connectivity index (χ2v) is 6.01. The van der Waals surface area contributed by atoms with E-state index in [2.05, 4.69) is 34.7 Å². The monoisotopic (exact) mass is 280 g/mol. The van der Waals surface area contributed by atoms with Gasteiger partial charge in [0.2, 0.25) is 0 Å². The molecule has 1 aliphatic heterocycles. The SMILES string of the molecule is CC1CN(c2nc3sccn3c2CCN)CC(C)O1. The van der Waals surface area contributed by atoms with Crippen molar-refractivity contribution < 1.29 is 4.74 Å². The average molecular weight is 280 g/mol. The van der Waals surface area contributed by atoms with Gasteiger partial charge in [-0.25, -0.2) is 4.98 Å². The Morgan fingerprint density at radius 2 is 2.16 bits per heavy atom. The van der Waals surface area contributed by atoms with Gasteiger partial charge in [0.05, 0.1) is 17.9 Å². The molecule has 2 atom stereocenters. The Morgan fingerprint density at radius 1 is 1.42 bits per heavy atom. The van der Waals surface area contributed by atoms with Crippen molar-refractivity contribution in [2.45, 2.75) is 32.5 Å². The molecule has 0 bridgehead atoms. The summed E-state index contributed by atoms with van der Waals surface area (Å²) in [7, 11) is 0. The molecule has 6 heteroatoms. The molecule has 3 rings (SSSR count). The highest BCUT2D eigenvalue weighted by molar-refractivity contribution is 7.15. The van der Waals surface area contributed by atoms with Crippen LogP contribution in [0.5, 0.6) is 0 Å². The molecule has 0 aliphatic carbocycles. The fourth-order valence-corrected chi connectivity index (χ4v) is 3.52. The molecule has 3 heterocycles. The van der Waals surface area contributed by atoms with Gasteiger partial charge in [-0.1, -0.05) is 0 Å². The summed E-state index contributed by atoms with van der Waals surface area (Å²) in [4.78, 5) is 8.16. The van der Waals surface area contributed by atoms with E-state index in [0.717, 1.165) is 30.3 Å². The lowest BCUT2D eigenvalue weighted by Crippen LogP contribution is -2.46. The molecule has 0 aromatic carbocycles. The Balaban J connectivity index is 1.98. The lowest BCUT2D eigenvalue weighted by atomic mass is 10.2. The lowest BCUT2D eigenvalue weighted by molar-refractivity contribution is -0.00547. The Morgan fingerprint density at radius 3 is 2.84 bits per heavy atom. The summed E-state index contributed by atoms with van der Waals surface area (Å²) in [6, 6.07) is 0. The van der Waals surface area contributed by atoms with Gasteiger partial charge in [0.15, 0.2) is 10.8 Å². The minimum Gasteiger partial charge on any atom is -0.372 e. The van der Waals surface area contributed by atoms with Crippen LogP contribution >= 0.6 is 11.3 Å². The van der Waals surface area contributed by atoms with Crippen LogP contribution in [0, 0.1) is 0 Å². The zero-order valence-corrected chi connectivity index (χ0v) is 12.2. The van der Waals surface area contributed by atoms with Crippen molar-refractivity contribution in [3.05, 3.63) is 17.3 Å². The number of nitrogens with zero attached hydrogens (tertiary/aromatic N) is 3. The van der Waals surface area contributed by atoms with Crippen molar-refractivity contribution in [1.82, 2.24) is 9.38 Å². The van der Waals surface area contributed by atoms with Gasteiger partial charge in [-0.15, -0.1) is 11.3 Å². The van der Waals surface area contributed by atoms with Crippen molar-refractivity contribution in [2.75, 3.05) is 24.5 Å². The maximum absolute atomic E-state index is 5.79. The maximum Gasteiger partial charge on any atom is 0.195 e. The molecule has 0 spiro atoms. The minimum atomic E-state index is 0.245. The standard InChI is InChI=1S/C13H20N4OS/c1-9-7-16(8-10(2)18-9)12-11(3-4-14)17-5-6-19-13(17)15-12/h5-6,9-10H,3-4,7-8,14H2,1-2H3. The zero-order chi connectivity index (χ0) is 13.4. The first-order chi connectivity index (χ1) is 9.19. The maximum atomic E-state index is 5.79. The van der Waals surface area contributed by atoms with Gasteiger partial charge in [0.25, 0.3) is 0 Å². The molecule has 2 unspecified atom stereocenters. The fraction of sp³-hybridized carbons (Fsp3) is 0.615. The molecule has 0 saturated carbocycles. The number of thiazole rings is 1. The molecule has 2 aromatic rings. The largest absolute Gasteiger partial charge is 0.372 e. The molecule has 2 N–H and O–H groups in total. The van der Waals surface area contributed by atoms with Crippen LogP contribution in [0.3, 0.4) is 0 Å². The van der Waals surface area contributed by atoms with Gasteiger partial charge in [-0.3, -0.25) is 4.40 Å². The van der Waals surface area contributed by atoms with Crippen LogP contribution in [0.25, 0.3) is 4.96 Å². The first kappa shape index (κ1) is 12.9. The highest BCUT2D eigenvalue weighted by Crippen LogP contribution is 2.27. The number of hydrogen-bond donors (Lipinski definition) is 1. The predicted molar refractivity (Wildman–Crippen MR) is 78.0 cm³/mol. The van der Waals surface area contributed by atoms with Crippen molar-refractivity contribution in [1.29, 1.82) is 0 Å². The van der Waals surface area contributed by atoms with Gasteiger partial charge < -0.3 is 15.4 Å². The third kappa shape index (κ3) is 2.35. The number of imidazole rings is 1. The third-order valence-corrected chi connectivity index (χ3v) is 4.20. The summed E-state index contributed by atoms with van der Waals surface area (Å²) in [6.07, 6.45) is 3.42. The molecule has 19 heavy (non-hydrogen) atoms. The summed E-state index contributed by atoms with van der Waals surface area (Å²) in [5.74, 6) is 1.08. The van der Waals surface area contributed by atoms with Crippen LogP contribution in [0.1, 0.15) is 19.5 Å². The van der Waals surface area contributed by atoms with Gasteiger partial charge >= 0.3 is 0 Å².